The zero-order valence-electron chi connectivity index (χ0n) is 31.6. The number of nitrogens with zero attached hydrogens (tertiary/aromatic N) is 8. The normalized spacial score (nSPS) is 11.2. The van der Waals surface area contributed by atoms with E-state index in [4.69, 9.17) is 19.9 Å². The second-order valence-corrected chi connectivity index (χ2v) is 14.8. The average Bonchev–Trinajstić information content (AvgIpc) is 3.67. The average molecular weight is 982 g/mol. The van der Waals surface area contributed by atoms with Crippen molar-refractivity contribution < 1.29 is 24.1 Å². The van der Waals surface area contributed by atoms with Crippen LogP contribution in [0.25, 0.3) is 22.3 Å². The minimum Gasteiger partial charge on any atom is -0.496 e. The van der Waals surface area contributed by atoms with Crippen molar-refractivity contribution in [2.24, 2.45) is 0 Å². The molecule has 4 aromatic heterocycles. The summed E-state index contributed by atoms with van der Waals surface area (Å²) in [6.45, 7) is 5.65. The maximum atomic E-state index is 13.1. The topological polar surface area (TPSA) is 215 Å². The van der Waals surface area contributed by atoms with Crippen molar-refractivity contribution in [2.45, 2.75) is 60.0 Å². The Bertz CT molecular complexity index is 2710. The lowest BCUT2D eigenvalue weighted by Gasteiger charge is -2.12. The number of ether oxygens (including phenoxy) is 3. The van der Waals surface area contributed by atoms with Gasteiger partial charge in [0.1, 0.15) is 18.1 Å². The highest BCUT2D eigenvalue weighted by Gasteiger charge is 2.22. The van der Waals surface area contributed by atoms with Gasteiger partial charge in [-0.25, -0.2) is 14.6 Å². The van der Waals surface area contributed by atoms with Crippen LogP contribution in [-0.4, -0.2) is 75.9 Å². The molecule has 4 heterocycles. The Balaban J connectivity index is 0.000000219. The maximum absolute atomic E-state index is 13.1. The lowest BCUT2D eigenvalue weighted by Crippen LogP contribution is -2.40. The molecular weight excluding hydrogens is 942 g/mol. The fraction of sp³-hybridized carbons (Fsp3) is 0.361. The van der Waals surface area contributed by atoms with E-state index in [-0.39, 0.29) is 67.7 Å². The van der Waals surface area contributed by atoms with Gasteiger partial charge in [0, 0.05) is 20.0 Å². The van der Waals surface area contributed by atoms with Gasteiger partial charge in [0.05, 0.1) is 56.0 Å². The first-order valence-corrected chi connectivity index (χ1v) is 19.9. The molecule has 0 saturated carbocycles. The van der Waals surface area contributed by atoms with E-state index in [1.807, 2.05) is 30.3 Å². The predicted molar refractivity (Wildman–Crippen MR) is 223 cm³/mol. The second-order valence-electron chi connectivity index (χ2n) is 12.3. The number of carbonyl (C=O) groups is 1. The molecule has 304 valence electrons. The number of halogens is 3. The van der Waals surface area contributed by atoms with Crippen LogP contribution in [0.3, 0.4) is 0 Å². The minimum absolute atomic E-state index is 0.00215. The van der Waals surface area contributed by atoms with Crippen molar-refractivity contribution in [3.05, 3.63) is 103 Å². The number of rotatable bonds is 13. The van der Waals surface area contributed by atoms with Crippen molar-refractivity contribution in [1.29, 1.82) is 0 Å². The molecule has 0 fully saturated rings. The first-order chi connectivity index (χ1) is 27.2. The van der Waals surface area contributed by atoms with Crippen molar-refractivity contribution >= 4 is 82.0 Å². The van der Waals surface area contributed by atoms with Gasteiger partial charge in [-0.2, -0.15) is 4.98 Å². The summed E-state index contributed by atoms with van der Waals surface area (Å²) in [5.41, 5.74) is 6.88. The smallest absolute Gasteiger partial charge is 0.332 e. The van der Waals surface area contributed by atoms with Crippen LogP contribution in [0.5, 0.6) is 11.5 Å². The van der Waals surface area contributed by atoms with Crippen LogP contribution in [0.15, 0.2) is 69.3 Å². The van der Waals surface area contributed by atoms with Crippen molar-refractivity contribution in [1.82, 2.24) is 37.4 Å². The molecule has 18 nitrogen and oxygen atoms in total. The van der Waals surface area contributed by atoms with Crippen molar-refractivity contribution in [3.8, 4) is 11.5 Å². The summed E-state index contributed by atoms with van der Waals surface area (Å²) < 4.78 is 25.6. The first-order valence-electron chi connectivity index (χ1n) is 17.5. The Morgan fingerprint density at radius 1 is 0.719 bits per heavy atom. The van der Waals surface area contributed by atoms with E-state index in [9.17, 15) is 29.1 Å². The summed E-state index contributed by atoms with van der Waals surface area (Å²) in [5.74, 6) is 1.06. The summed E-state index contributed by atoms with van der Waals surface area (Å²) in [5, 5.41) is 9.30. The Kier molecular flexibility index (Phi) is 14.0. The van der Waals surface area contributed by atoms with Gasteiger partial charge in [0.2, 0.25) is 5.95 Å². The summed E-state index contributed by atoms with van der Waals surface area (Å²) >= 11 is 10.3. The molecule has 0 aliphatic carbocycles. The number of aromatic nitrogens is 8. The lowest BCUT2D eigenvalue weighted by molar-refractivity contribution is -0.141. The molecule has 0 unspecified atom stereocenters. The van der Waals surface area contributed by atoms with E-state index < -0.39 is 28.5 Å². The molecular formula is C36H40Br3N9O9. The molecule has 21 heteroatoms. The molecule has 3 N–H and O–H groups in total. The molecule has 2 aromatic carbocycles. The van der Waals surface area contributed by atoms with Crippen molar-refractivity contribution in [2.75, 3.05) is 33.2 Å². The molecule has 6 aromatic rings. The van der Waals surface area contributed by atoms with Gasteiger partial charge in [-0.1, -0.05) is 12.1 Å². The van der Waals surface area contributed by atoms with Gasteiger partial charge >= 0.3 is 17.3 Å². The minimum atomic E-state index is -0.513. The molecule has 57 heavy (non-hydrogen) atoms. The molecule has 0 amide bonds. The molecule has 0 saturated heterocycles. The van der Waals surface area contributed by atoms with Gasteiger partial charge in [-0.15, -0.1) is 0 Å². The summed E-state index contributed by atoms with van der Waals surface area (Å²) in [7, 11) is 3.16. The largest absolute Gasteiger partial charge is 0.496 e. The number of benzene rings is 2. The Labute approximate surface area is 349 Å². The summed E-state index contributed by atoms with van der Waals surface area (Å²) in [4.78, 5) is 71.0. The maximum Gasteiger partial charge on any atom is 0.332 e. The number of esters is 1. The van der Waals surface area contributed by atoms with Gasteiger partial charge in [0.25, 0.3) is 11.1 Å². The summed E-state index contributed by atoms with van der Waals surface area (Å²) in [6.07, 6.45) is 0. The molecule has 0 atom stereocenters. The number of imidazole rings is 2. The molecule has 0 radical (unpaired) electrons. The van der Waals surface area contributed by atoms with Crippen LogP contribution in [0, 0.1) is 0 Å². The quantitative estimate of drug-likeness (QED) is 0.126. The lowest BCUT2D eigenvalue weighted by atomic mass is 10.2. The third kappa shape index (κ3) is 8.80. The molecule has 0 aliphatic rings. The highest BCUT2D eigenvalue weighted by Crippen LogP contribution is 2.28. The highest BCUT2D eigenvalue weighted by atomic mass is 79.9. The number of nitrogens with two attached hydrogens (primary N) is 1. The fourth-order valence-corrected chi connectivity index (χ4v) is 7.85. The highest BCUT2D eigenvalue weighted by molar-refractivity contribution is 9.11. The number of hydrogen-bond acceptors (Lipinski definition) is 12. The van der Waals surface area contributed by atoms with E-state index in [2.05, 4.69) is 57.8 Å². The monoisotopic (exact) mass is 979 g/mol. The predicted octanol–water partition coefficient (Wildman–Crippen LogP) is 3.30. The number of methoxy groups -OCH3 is 2. The van der Waals surface area contributed by atoms with E-state index in [1.165, 1.54) is 16.1 Å². The third-order valence-electron chi connectivity index (χ3n) is 8.90. The second kappa shape index (κ2) is 18.5. The molecule has 0 spiro atoms. The van der Waals surface area contributed by atoms with Gasteiger partial charge in [-0.3, -0.25) is 32.7 Å². The van der Waals surface area contributed by atoms with Crippen LogP contribution in [0.4, 0.5) is 5.95 Å². The summed E-state index contributed by atoms with van der Waals surface area (Å²) in [6, 6.07) is 11.1. The van der Waals surface area contributed by atoms with Crippen LogP contribution in [0.1, 0.15) is 31.9 Å². The Morgan fingerprint density at radius 3 is 1.65 bits per heavy atom. The standard InChI is InChI=1S/C19H20Br2N4O5.C17H20BrN5O4/c1-4-23-17(27)15-16(24(19(23)28)7-8-30-11(2)26)22-18(21)25(15)10-12-5-6-14(29-3)13(20)9-12;1-3-21-15(25)13-14(22(6-7-24)17(21)26)20-16(19)23(13)9-10-4-5-12(27-2)11(18)8-10/h5-6,9H,4,7-8,10H2,1-3H3;4-5,8,24H,3,6-7,9H2,1-2H3,(H2,19,20). The molecule has 6 rings (SSSR count). The van der Waals surface area contributed by atoms with E-state index in [0.29, 0.717) is 29.3 Å². The Morgan fingerprint density at radius 2 is 1.19 bits per heavy atom. The number of carbonyl (C=O) groups excluding carboxylic acids is 1. The number of anilines is 1. The van der Waals surface area contributed by atoms with Crippen LogP contribution in [-0.2, 0) is 48.8 Å². The number of aliphatic hydroxyl groups is 1. The first kappa shape index (κ1) is 43.1. The van der Waals surface area contributed by atoms with E-state index in [1.54, 1.807) is 43.3 Å². The van der Waals surface area contributed by atoms with Crippen LogP contribution >= 0.6 is 47.8 Å². The van der Waals surface area contributed by atoms with Gasteiger partial charge < -0.3 is 34.2 Å². The van der Waals surface area contributed by atoms with Crippen LogP contribution in [0.2, 0.25) is 0 Å². The Hall–Kier alpha value is -4.99. The van der Waals surface area contributed by atoms with E-state index in [0.717, 1.165) is 29.2 Å². The van der Waals surface area contributed by atoms with Crippen molar-refractivity contribution in [3.63, 3.8) is 0 Å². The molecule has 0 aliphatic heterocycles. The fourth-order valence-electron chi connectivity index (χ4n) is 6.20. The van der Waals surface area contributed by atoms with E-state index >= 15 is 0 Å². The number of fused-ring (bicyclic) bond motifs is 2. The zero-order chi connectivity index (χ0) is 41.7. The zero-order valence-corrected chi connectivity index (χ0v) is 36.4. The number of hydrogen-bond donors (Lipinski definition) is 2. The number of aliphatic hydroxyl groups excluding tert-OH is 1. The third-order valence-corrected chi connectivity index (χ3v) is 10.7. The number of nitrogen functional groups attached to an aromatic ring is 1. The van der Waals surface area contributed by atoms with Gasteiger partial charge in [0.15, 0.2) is 27.1 Å². The SMILES string of the molecule is CCn1c(=O)c2c(nc(Br)n2Cc2ccc(OC)c(Br)c2)n(CCOC(C)=O)c1=O.CCn1c(=O)c2c(nc(N)n2Cc2ccc(OC)c(Br)c2)n(CCO)c1=O. The van der Waals surface area contributed by atoms with Gasteiger partial charge in [-0.05, 0) is 97.0 Å². The molecule has 0 bridgehead atoms. The van der Waals surface area contributed by atoms with Crippen LogP contribution < -0.4 is 37.7 Å².